The highest BCUT2D eigenvalue weighted by molar-refractivity contribution is 6.30. The molecule has 0 saturated carbocycles. The van der Waals surface area contributed by atoms with Gasteiger partial charge < -0.3 is 10.1 Å². The number of amides is 1. The number of carbonyl (C=O) groups is 1. The summed E-state index contributed by atoms with van der Waals surface area (Å²) in [5, 5.41) is 7.81. The molecular formula is C20H21ClN4O2. The molecule has 0 unspecified atom stereocenters. The molecule has 0 fully saturated rings. The standard InChI is InChI=1S/C20H21ClN4O2/c1-2-3-18-19(14-24-25(18)17-6-4-16(21)5-7-17)27-20(26)23-13-10-15-8-11-22-12-9-15/h4-9,11-12,14H,2-3,10,13H2,1H3,(H,23,26). The number of ether oxygens (including phenoxy) is 1. The predicted molar refractivity (Wildman–Crippen MR) is 105 cm³/mol. The minimum absolute atomic E-state index is 0.466. The van der Waals surface area contributed by atoms with Crippen molar-refractivity contribution in [3.8, 4) is 11.4 Å². The third kappa shape index (κ3) is 5.08. The largest absolute Gasteiger partial charge is 0.412 e. The van der Waals surface area contributed by atoms with Crippen LogP contribution < -0.4 is 10.1 Å². The average molecular weight is 385 g/mol. The van der Waals surface area contributed by atoms with Crippen molar-refractivity contribution in [3.63, 3.8) is 0 Å². The molecule has 140 valence electrons. The summed E-state index contributed by atoms with van der Waals surface area (Å²) in [6, 6.07) is 11.2. The third-order valence-corrected chi connectivity index (χ3v) is 4.28. The molecule has 27 heavy (non-hydrogen) atoms. The lowest BCUT2D eigenvalue weighted by Gasteiger charge is -2.10. The van der Waals surface area contributed by atoms with Crippen LogP contribution in [0.4, 0.5) is 4.79 Å². The average Bonchev–Trinajstić information content (AvgIpc) is 3.06. The molecule has 0 radical (unpaired) electrons. The van der Waals surface area contributed by atoms with E-state index in [4.69, 9.17) is 16.3 Å². The maximum Gasteiger partial charge on any atom is 0.412 e. The van der Waals surface area contributed by atoms with Gasteiger partial charge in [-0.1, -0.05) is 24.9 Å². The van der Waals surface area contributed by atoms with Gasteiger partial charge in [0.1, 0.15) is 0 Å². The topological polar surface area (TPSA) is 69.0 Å². The molecule has 0 saturated heterocycles. The van der Waals surface area contributed by atoms with Crippen molar-refractivity contribution in [2.75, 3.05) is 6.54 Å². The zero-order valence-corrected chi connectivity index (χ0v) is 15.8. The maximum absolute atomic E-state index is 12.1. The molecule has 2 aromatic heterocycles. The number of rotatable bonds is 7. The Hall–Kier alpha value is -2.86. The van der Waals surface area contributed by atoms with E-state index in [1.807, 2.05) is 24.3 Å². The fourth-order valence-corrected chi connectivity index (χ4v) is 2.84. The lowest BCUT2D eigenvalue weighted by Crippen LogP contribution is -2.29. The summed E-state index contributed by atoms with van der Waals surface area (Å²) in [4.78, 5) is 16.1. The van der Waals surface area contributed by atoms with Crippen LogP contribution in [0.25, 0.3) is 5.69 Å². The van der Waals surface area contributed by atoms with E-state index in [2.05, 4.69) is 22.3 Å². The molecule has 1 amide bonds. The second kappa shape index (κ2) is 9.19. The molecule has 1 N–H and O–H groups in total. The fraction of sp³-hybridized carbons (Fsp3) is 0.250. The summed E-state index contributed by atoms with van der Waals surface area (Å²) in [7, 11) is 0. The number of nitrogens with one attached hydrogen (secondary N) is 1. The molecule has 3 aromatic rings. The van der Waals surface area contributed by atoms with Crippen LogP contribution >= 0.6 is 11.6 Å². The molecular weight excluding hydrogens is 364 g/mol. The number of hydrogen-bond acceptors (Lipinski definition) is 4. The van der Waals surface area contributed by atoms with Gasteiger partial charge in [0.2, 0.25) is 0 Å². The SMILES string of the molecule is CCCc1c(OC(=O)NCCc2ccncc2)cnn1-c1ccc(Cl)cc1. The summed E-state index contributed by atoms with van der Waals surface area (Å²) < 4.78 is 7.27. The number of pyridine rings is 1. The van der Waals surface area contributed by atoms with Crippen LogP contribution in [0.2, 0.25) is 5.02 Å². The number of carbonyl (C=O) groups excluding carboxylic acids is 1. The molecule has 0 aliphatic heterocycles. The normalized spacial score (nSPS) is 10.6. The lowest BCUT2D eigenvalue weighted by molar-refractivity contribution is 0.200. The van der Waals surface area contributed by atoms with Crippen molar-refractivity contribution in [3.05, 3.63) is 71.3 Å². The van der Waals surface area contributed by atoms with Gasteiger partial charge in [-0.25, -0.2) is 9.48 Å². The van der Waals surface area contributed by atoms with Crippen LogP contribution in [0.3, 0.4) is 0 Å². The van der Waals surface area contributed by atoms with Crippen LogP contribution in [-0.2, 0) is 12.8 Å². The van der Waals surface area contributed by atoms with E-state index in [0.717, 1.165) is 29.8 Å². The van der Waals surface area contributed by atoms with Crippen molar-refractivity contribution in [2.45, 2.75) is 26.2 Å². The smallest absolute Gasteiger partial charge is 0.407 e. The van der Waals surface area contributed by atoms with Crippen LogP contribution in [0, 0.1) is 0 Å². The first kappa shape index (κ1) is 18.9. The van der Waals surface area contributed by atoms with Gasteiger partial charge in [0, 0.05) is 24.0 Å². The van der Waals surface area contributed by atoms with E-state index in [9.17, 15) is 4.79 Å². The van der Waals surface area contributed by atoms with Gasteiger partial charge in [0.05, 0.1) is 17.6 Å². The molecule has 2 heterocycles. The van der Waals surface area contributed by atoms with E-state index in [0.29, 0.717) is 23.7 Å². The molecule has 6 nitrogen and oxygen atoms in total. The van der Waals surface area contributed by atoms with Gasteiger partial charge in [-0.3, -0.25) is 4.98 Å². The summed E-state index contributed by atoms with van der Waals surface area (Å²) in [5.41, 5.74) is 2.83. The second-order valence-electron chi connectivity index (χ2n) is 6.02. The van der Waals surface area contributed by atoms with Crippen LogP contribution in [0.5, 0.6) is 5.75 Å². The Morgan fingerprint density at radius 1 is 1.15 bits per heavy atom. The Balaban J connectivity index is 1.65. The first-order chi connectivity index (χ1) is 13.2. The van der Waals surface area contributed by atoms with E-state index >= 15 is 0 Å². The molecule has 3 rings (SSSR count). The molecule has 0 atom stereocenters. The Bertz CT molecular complexity index is 879. The van der Waals surface area contributed by atoms with Gasteiger partial charge in [0.15, 0.2) is 5.75 Å². The minimum atomic E-state index is -0.489. The highest BCUT2D eigenvalue weighted by Crippen LogP contribution is 2.24. The highest BCUT2D eigenvalue weighted by Gasteiger charge is 2.16. The van der Waals surface area contributed by atoms with Gasteiger partial charge >= 0.3 is 6.09 Å². The van der Waals surface area contributed by atoms with E-state index in [1.165, 1.54) is 0 Å². The lowest BCUT2D eigenvalue weighted by atomic mass is 10.2. The van der Waals surface area contributed by atoms with E-state index < -0.39 is 6.09 Å². The number of benzene rings is 1. The Kier molecular flexibility index (Phi) is 6.44. The summed E-state index contributed by atoms with van der Waals surface area (Å²) in [6.45, 7) is 2.55. The minimum Gasteiger partial charge on any atom is -0.407 e. The Morgan fingerprint density at radius 2 is 1.89 bits per heavy atom. The zero-order chi connectivity index (χ0) is 19.1. The van der Waals surface area contributed by atoms with E-state index in [-0.39, 0.29) is 0 Å². The predicted octanol–water partition coefficient (Wildman–Crippen LogP) is 4.20. The molecule has 1 aromatic carbocycles. The van der Waals surface area contributed by atoms with Gasteiger partial charge in [0.25, 0.3) is 0 Å². The number of hydrogen-bond donors (Lipinski definition) is 1. The number of nitrogens with zero attached hydrogens (tertiary/aromatic N) is 3. The van der Waals surface area contributed by atoms with Crippen molar-refractivity contribution in [1.82, 2.24) is 20.1 Å². The molecule has 0 aliphatic carbocycles. The summed E-state index contributed by atoms with van der Waals surface area (Å²) >= 11 is 5.96. The van der Waals surface area contributed by atoms with Crippen LogP contribution in [0.15, 0.2) is 55.0 Å². The number of aromatic nitrogens is 3. The van der Waals surface area contributed by atoms with Gasteiger partial charge in [-0.2, -0.15) is 5.10 Å². The summed E-state index contributed by atoms with van der Waals surface area (Å²) in [5.74, 6) is 0.466. The first-order valence-electron chi connectivity index (χ1n) is 8.84. The third-order valence-electron chi connectivity index (χ3n) is 4.02. The zero-order valence-electron chi connectivity index (χ0n) is 15.1. The quantitative estimate of drug-likeness (QED) is 0.662. The van der Waals surface area contributed by atoms with Crippen molar-refractivity contribution < 1.29 is 9.53 Å². The van der Waals surface area contributed by atoms with Crippen molar-refractivity contribution in [1.29, 1.82) is 0 Å². The molecule has 0 spiro atoms. The Labute approximate surface area is 163 Å². The maximum atomic E-state index is 12.1. The molecule has 0 aliphatic rings. The summed E-state index contributed by atoms with van der Waals surface area (Å²) in [6.07, 6.45) is 6.90. The van der Waals surface area contributed by atoms with Crippen molar-refractivity contribution >= 4 is 17.7 Å². The van der Waals surface area contributed by atoms with Crippen molar-refractivity contribution in [2.24, 2.45) is 0 Å². The van der Waals surface area contributed by atoms with Crippen LogP contribution in [0.1, 0.15) is 24.6 Å². The van der Waals surface area contributed by atoms with Crippen LogP contribution in [-0.4, -0.2) is 27.4 Å². The molecule has 7 heteroatoms. The molecule has 0 bridgehead atoms. The Morgan fingerprint density at radius 3 is 2.59 bits per heavy atom. The highest BCUT2D eigenvalue weighted by atomic mass is 35.5. The fourth-order valence-electron chi connectivity index (χ4n) is 2.71. The van der Waals surface area contributed by atoms with Gasteiger partial charge in [-0.15, -0.1) is 0 Å². The van der Waals surface area contributed by atoms with Gasteiger partial charge in [-0.05, 0) is 54.8 Å². The first-order valence-corrected chi connectivity index (χ1v) is 9.22. The monoisotopic (exact) mass is 384 g/mol. The van der Waals surface area contributed by atoms with E-state index in [1.54, 1.807) is 35.4 Å². The second-order valence-corrected chi connectivity index (χ2v) is 6.45. The number of halogens is 1.